The van der Waals surface area contributed by atoms with Crippen LogP contribution in [0, 0.1) is 5.92 Å². The van der Waals surface area contributed by atoms with Gasteiger partial charge >= 0.3 is 0 Å². The molecule has 0 aliphatic carbocycles. The molecule has 7 heteroatoms. The molecule has 4 N–H and O–H groups in total. The maximum atomic E-state index is 11.5. The number of hydrazine groups is 1. The van der Waals surface area contributed by atoms with E-state index < -0.39 is 0 Å². The molecule has 1 amide bonds. The number of carbonyl (C=O) groups is 1. The van der Waals surface area contributed by atoms with E-state index in [9.17, 15) is 4.79 Å². The van der Waals surface area contributed by atoms with E-state index in [0.29, 0.717) is 24.2 Å². The molecular weight excluding hydrogens is 268 g/mol. The highest BCUT2D eigenvalue weighted by atomic mass is 16.1. The number of nitrogen functional groups attached to an aromatic ring is 1. The number of aryl methyl sites for hydroxylation is 1. The molecule has 2 fully saturated rings. The van der Waals surface area contributed by atoms with Gasteiger partial charge in [-0.15, -0.1) is 0 Å². The van der Waals surface area contributed by atoms with E-state index in [1.165, 1.54) is 0 Å². The molecule has 7 nitrogen and oxygen atoms in total. The Morgan fingerprint density at radius 3 is 3.10 bits per heavy atom. The Labute approximate surface area is 124 Å². The molecule has 114 valence electrons. The molecule has 21 heavy (non-hydrogen) atoms. The lowest BCUT2D eigenvalue weighted by Gasteiger charge is -2.42. The van der Waals surface area contributed by atoms with Crippen LogP contribution in [0.1, 0.15) is 32.0 Å². The van der Waals surface area contributed by atoms with Gasteiger partial charge in [-0.2, -0.15) is 0 Å². The fourth-order valence-electron chi connectivity index (χ4n) is 3.20. The number of anilines is 2. The molecule has 3 rings (SSSR count). The number of aromatic nitrogens is 2. The van der Waals surface area contributed by atoms with Crippen molar-refractivity contribution in [3.63, 3.8) is 0 Å². The molecule has 1 aromatic heterocycles. The van der Waals surface area contributed by atoms with Gasteiger partial charge in [0.15, 0.2) is 0 Å². The average Bonchev–Trinajstić information content (AvgIpc) is 2.53. The highest BCUT2D eigenvalue weighted by Gasteiger charge is 2.34. The molecule has 2 unspecified atom stereocenters. The highest BCUT2D eigenvalue weighted by molar-refractivity contribution is 5.77. The summed E-state index contributed by atoms with van der Waals surface area (Å²) >= 11 is 0. The predicted octanol–water partition coefficient (Wildman–Crippen LogP) is 0.429. The van der Waals surface area contributed by atoms with Gasteiger partial charge in [-0.1, -0.05) is 6.92 Å². The van der Waals surface area contributed by atoms with Crippen LogP contribution in [0.3, 0.4) is 0 Å². The molecule has 3 heterocycles. The monoisotopic (exact) mass is 290 g/mol. The molecule has 0 radical (unpaired) electrons. The van der Waals surface area contributed by atoms with Crippen LogP contribution in [0.15, 0.2) is 6.07 Å². The van der Waals surface area contributed by atoms with Gasteiger partial charge in [0.2, 0.25) is 5.91 Å². The van der Waals surface area contributed by atoms with Gasteiger partial charge in [0.05, 0.1) is 0 Å². The first-order valence-electron chi connectivity index (χ1n) is 7.58. The Kier molecular flexibility index (Phi) is 3.92. The molecule has 2 aliphatic rings. The van der Waals surface area contributed by atoms with E-state index in [-0.39, 0.29) is 5.91 Å². The highest BCUT2D eigenvalue weighted by Crippen LogP contribution is 2.28. The molecule has 2 saturated heterocycles. The molecule has 0 bridgehead atoms. The van der Waals surface area contributed by atoms with Gasteiger partial charge in [-0.25, -0.2) is 15.8 Å². The van der Waals surface area contributed by atoms with Gasteiger partial charge in [0.1, 0.15) is 17.5 Å². The fraction of sp³-hybridized carbons (Fsp3) is 0.643. The van der Waals surface area contributed by atoms with Crippen molar-refractivity contribution in [1.29, 1.82) is 0 Å². The number of nitrogens with two attached hydrogens (primary N) is 1. The van der Waals surface area contributed by atoms with E-state index in [4.69, 9.17) is 5.84 Å². The predicted molar refractivity (Wildman–Crippen MR) is 80.7 cm³/mol. The van der Waals surface area contributed by atoms with Crippen molar-refractivity contribution in [3.8, 4) is 0 Å². The summed E-state index contributed by atoms with van der Waals surface area (Å²) in [6.45, 7) is 3.85. The molecular formula is C14H22N6O. The molecule has 0 aromatic carbocycles. The summed E-state index contributed by atoms with van der Waals surface area (Å²) in [5.74, 6) is 8.54. The lowest BCUT2D eigenvalue weighted by molar-refractivity contribution is -0.124. The van der Waals surface area contributed by atoms with Crippen LogP contribution in [0.2, 0.25) is 0 Å². The summed E-state index contributed by atoms with van der Waals surface area (Å²) in [5, 5.41) is 3.10. The van der Waals surface area contributed by atoms with Crippen LogP contribution < -0.4 is 21.5 Å². The maximum absolute atomic E-state index is 11.5. The standard InChI is InChI=1S/C14H22N6O/c1-2-11-17-12(19-15)7-13(18-11)20-6-5-10-9(8-20)3-4-14(21)16-10/h7,9-10H,2-6,8,15H2,1H3,(H,16,21)(H,17,18,19). The normalized spacial score (nSPS) is 25.2. The molecule has 2 aliphatic heterocycles. The fourth-order valence-corrected chi connectivity index (χ4v) is 3.20. The van der Waals surface area contributed by atoms with E-state index in [0.717, 1.165) is 44.0 Å². The van der Waals surface area contributed by atoms with Crippen LogP contribution in [-0.2, 0) is 11.2 Å². The number of amides is 1. The number of rotatable bonds is 3. The van der Waals surface area contributed by atoms with Crippen LogP contribution in [-0.4, -0.2) is 35.0 Å². The SMILES string of the molecule is CCc1nc(NN)cc(N2CCC3NC(=O)CCC3C2)n1. The van der Waals surface area contributed by atoms with Crippen LogP contribution >= 0.6 is 0 Å². The molecule has 0 saturated carbocycles. The first kappa shape index (κ1) is 14.1. The largest absolute Gasteiger partial charge is 0.356 e. The number of nitrogens with one attached hydrogen (secondary N) is 2. The molecule has 1 aromatic rings. The zero-order valence-corrected chi connectivity index (χ0v) is 12.3. The number of hydrogen-bond donors (Lipinski definition) is 3. The van der Waals surface area contributed by atoms with Crippen molar-refractivity contribution in [2.75, 3.05) is 23.4 Å². The maximum Gasteiger partial charge on any atom is 0.220 e. The molecule has 2 atom stereocenters. The topological polar surface area (TPSA) is 96.2 Å². The number of carbonyl (C=O) groups excluding carboxylic acids is 1. The van der Waals surface area contributed by atoms with Gasteiger partial charge in [-0.3, -0.25) is 4.79 Å². The second-order valence-electron chi connectivity index (χ2n) is 5.73. The summed E-state index contributed by atoms with van der Waals surface area (Å²) in [6.07, 6.45) is 3.33. The van der Waals surface area contributed by atoms with E-state index in [1.54, 1.807) is 0 Å². The van der Waals surface area contributed by atoms with Gasteiger partial charge in [0, 0.05) is 38.0 Å². The third kappa shape index (κ3) is 2.92. The van der Waals surface area contributed by atoms with Crippen molar-refractivity contribution < 1.29 is 4.79 Å². The van der Waals surface area contributed by atoms with Crippen LogP contribution in [0.4, 0.5) is 11.6 Å². The third-order valence-corrected chi connectivity index (χ3v) is 4.37. The number of nitrogens with zero attached hydrogens (tertiary/aromatic N) is 3. The first-order valence-corrected chi connectivity index (χ1v) is 7.58. The van der Waals surface area contributed by atoms with Crippen LogP contribution in [0.25, 0.3) is 0 Å². The number of hydrogen-bond acceptors (Lipinski definition) is 6. The zero-order valence-electron chi connectivity index (χ0n) is 12.3. The Balaban J connectivity index is 1.77. The minimum atomic E-state index is 0.189. The van der Waals surface area contributed by atoms with Gasteiger partial charge in [-0.05, 0) is 18.8 Å². The Morgan fingerprint density at radius 1 is 1.48 bits per heavy atom. The van der Waals surface area contributed by atoms with Crippen molar-refractivity contribution in [2.45, 2.75) is 38.6 Å². The summed E-state index contributed by atoms with van der Waals surface area (Å²) in [5.41, 5.74) is 2.61. The summed E-state index contributed by atoms with van der Waals surface area (Å²) in [7, 11) is 0. The molecule has 0 spiro atoms. The second kappa shape index (κ2) is 5.85. The van der Waals surface area contributed by atoms with Crippen molar-refractivity contribution in [1.82, 2.24) is 15.3 Å². The van der Waals surface area contributed by atoms with Crippen molar-refractivity contribution in [2.24, 2.45) is 11.8 Å². The minimum absolute atomic E-state index is 0.189. The van der Waals surface area contributed by atoms with Gasteiger partial charge < -0.3 is 15.6 Å². The van der Waals surface area contributed by atoms with E-state index in [1.807, 2.05) is 13.0 Å². The van der Waals surface area contributed by atoms with Gasteiger partial charge in [0.25, 0.3) is 0 Å². The third-order valence-electron chi connectivity index (χ3n) is 4.37. The summed E-state index contributed by atoms with van der Waals surface area (Å²) < 4.78 is 0. The Bertz CT molecular complexity index is 512. The van der Waals surface area contributed by atoms with Crippen molar-refractivity contribution >= 4 is 17.5 Å². The van der Waals surface area contributed by atoms with Crippen molar-refractivity contribution in [3.05, 3.63) is 11.9 Å². The summed E-state index contributed by atoms with van der Waals surface area (Å²) in [6, 6.07) is 2.21. The lowest BCUT2D eigenvalue weighted by Crippen LogP contribution is -2.54. The van der Waals surface area contributed by atoms with E-state index in [2.05, 4.69) is 25.6 Å². The lowest BCUT2D eigenvalue weighted by atomic mass is 9.85. The smallest absolute Gasteiger partial charge is 0.220 e. The first-order chi connectivity index (χ1) is 10.2. The number of fused-ring (bicyclic) bond motifs is 1. The van der Waals surface area contributed by atoms with Crippen LogP contribution in [0.5, 0.6) is 0 Å². The average molecular weight is 290 g/mol. The zero-order chi connectivity index (χ0) is 14.8. The summed E-state index contributed by atoms with van der Waals surface area (Å²) in [4.78, 5) is 22.7. The van der Waals surface area contributed by atoms with E-state index >= 15 is 0 Å². The second-order valence-corrected chi connectivity index (χ2v) is 5.73. The Hall–Kier alpha value is -1.89. The quantitative estimate of drug-likeness (QED) is 0.552. The Morgan fingerprint density at radius 2 is 2.33 bits per heavy atom. The minimum Gasteiger partial charge on any atom is -0.356 e. The number of piperidine rings is 2.